The van der Waals surface area contributed by atoms with Gasteiger partial charge in [-0.15, -0.1) is 11.3 Å². The van der Waals surface area contributed by atoms with Crippen molar-refractivity contribution in [1.82, 2.24) is 9.97 Å². The lowest BCUT2D eigenvalue weighted by atomic mass is 9.93. The Balaban J connectivity index is 2.00. The number of nitrogens with zero attached hydrogens (tertiary/aromatic N) is 2. The molecule has 26 heavy (non-hydrogen) atoms. The van der Waals surface area contributed by atoms with Crippen LogP contribution in [-0.2, 0) is 6.42 Å². The summed E-state index contributed by atoms with van der Waals surface area (Å²) in [6.45, 7) is 11.1. The Labute approximate surface area is 158 Å². The number of pyridine rings is 1. The summed E-state index contributed by atoms with van der Waals surface area (Å²) in [7, 11) is 0. The molecule has 132 valence electrons. The van der Waals surface area contributed by atoms with Gasteiger partial charge in [0.25, 0.3) is 0 Å². The maximum atomic E-state index is 5.04. The number of thiazole rings is 1. The third-order valence-electron chi connectivity index (χ3n) is 4.51. The average Bonchev–Trinajstić information content (AvgIpc) is 2.93. The molecule has 0 amide bonds. The van der Waals surface area contributed by atoms with Crippen LogP contribution in [0.1, 0.15) is 36.9 Å². The highest BCUT2D eigenvalue weighted by Crippen LogP contribution is 2.36. The summed E-state index contributed by atoms with van der Waals surface area (Å²) in [5.74, 6) is 0. The summed E-state index contributed by atoms with van der Waals surface area (Å²) in [5, 5.41) is 3.58. The summed E-state index contributed by atoms with van der Waals surface area (Å²) in [5.41, 5.74) is 6.06. The third-order valence-corrected chi connectivity index (χ3v) is 5.53. The number of aryl methyl sites for hydroxylation is 2. The number of fused-ring (bicyclic) bond motifs is 3. The fraction of sp³-hybridized carbons (Fsp3) is 0.304. The molecule has 0 saturated carbocycles. The molecule has 0 radical (unpaired) electrons. The summed E-state index contributed by atoms with van der Waals surface area (Å²) >= 11 is 1.81. The van der Waals surface area contributed by atoms with Gasteiger partial charge in [-0.05, 0) is 48.9 Å². The van der Waals surface area contributed by atoms with Crippen LogP contribution in [0.3, 0.4) is 0 Å². The van der Waals surface area contributed by atoms with Gasteiger partial charge >= 0.3 is 0 Å². The molecule has 2 heterocycles. The van der Waals surface area contributed by atoms with E-state index in [0.29, 0.717) is 0 Å². The highest BCUT2D eigenvalue weighted by molar-refractivity contribution is 7.18. The average molecular weight is 361 g/mol. The second kappa shape index (κ2) is 6.17. The van der Waals surface area contributed by atoms with E-state index >= 15 is 0 Å². The van der Waals surface area contributed by atoms with E-state index in [9.17, 15) is 0 Å². The second-order valence-corrected chi connectivity index (χ2v) is 9.51. The number of benzene rings is 2. The maximum Gasteiger partial charge on any atom is 0.0944 e. The van der Waals surface area contributed by atoms with E-state index in [1.807, 2.05) is 17.5 Å². The summed E-state index contributed by atoms with van der Waals surface area (Å²) in [6, 6.07) is 13.1. The first kappa shape index (κ1) is 17.2. The van der Waals surface area contributed by atoms with Crippen molar-refractivity contribution in [2.45, 2.75) is 41.0 Å². The van der Waals surface area contributed by atoms with Gasteiger partial charge in [0.15, 0.2) is 0 Å². The van der Waals surface area contributed by atoms with Gasteiger partial charge in [-0.25, -0.2) is 4.98 Å². The normalized spacial score (nSPS) is 12.2. The Morgan fingerprint density at radius 2 is 1.69 bits per heavy atom. The third kappa shape index (κ3) is 3.24. The van der Waals surface area contributed by atoms with Crippen molar-refractivity contribution in [1.29, 1.82) is 0 Å². The lowest BCUT2D eigenvalue weighted by Gasteiger charge is -2.15. The highest BCUT2D eigenvalue weighted by atomic mass is 32.1. The minimum absolute atomic E-state index is 0.235. The Hall–Kier alpha value is -2.26. The Morgan fingerprint density at radius 1 is 0.962 bits per heavy atom. The SMILES string of the molecule is Cc1cc(C)cc(-c2nccc3ccc4sc(CC(C)(C)C)nc4c23)c1. The van der Waals surface area contributed by atoms with Crippen molar-refractivity contribution >= 4 is 32.3 Å². The fourth-order valence-corrected chi connectivity index (χ4v) is 4.84. The van der Waals surface area contributed by atoms with Gasteiger partial charge in [0.2, 0.25) is 0 Å². The predicted molar refractivity (Wildman–Crippen MR) is 113 cm³/mol. The van der Waals surface area contributed by atoms with Crippen LogP contribution in [0.5, 0.6) is 0 Å². The number of hydrogen-bond acceptors (Lipinski definition) is 3. The number of aromatic nitrogens is 2. The van der Waals surface area contributed by atoms with Crippen LogP contribution >= 0.6 is 11.3 Å². The van der Waals surface area contributed by atoms with Crippen LogP contribution in [0.15, 0.2) is 42.6 Å². The molecule has 2 aromatic heterocycles. The predicted octanol–water partition coefficient (Wildman–Crippen LogP) is 6.72. The minimum atomic E-state index is 0.235. The smallest absolute Gasteiger partial charge is 0.0944 e. The molecule has 0 unspecified atom stereocenters. The van der Waals surface area contributed by atoms with Crippen molar-refractivity contribution in [3.8, 4) is 11.3 Å². The zero-order valence-electron chi connectivity index (χ0n) is 16.1. The van der Waals surface area contributed by atoms with Crippen LogP contribution in [0.2, 0.25) is 0 Å². The molecule has 0 bridgehead atoms. The van der Waals surface area contributed by atoms with E-state index in [4.69, 9.17) is 9.97 Å². The summed E-state index contributed by atoms with van der Waals surface area (Å²) in [6.07, 6.45) is 2.90. The van der Waals surface area contributed by atoms with Crippen LogP contribution < -0.4 is 0 Å². The monoisotopic (exact) mass is 360 g/mol. The molecule has 2 aromatic carbocycles. The van der Waals surface area contributed by atoms with E-state index in [-0.39, 0.29) is 5.41 Å². The molecular weight excluding hydrogens is 336 g/mol. The van der Waals surface area contributed by atoms with Gasteiger partial charge < -0.3 is 0 Å². The molecule has 3 heteroatoms. The van der Waals surface area contributed by atoms with Gasteiger partial charge in [-0.1, -0.05) is 44.0 Å². The molecule has 0 atom stereocenters. The van der Waals surface area contributed by atoms with E-state index < -0.39 is 0 Å². The molecule has 4 rings (SSSR count). The topological polar surface area (TPSA) is 25.8 Å². The molecule has 2 nitrogen and oxygen atoms in total. The second-order valence-electron chi connectivity index (χ2n) is 8.39. The van der Waals surface area contributed by atoms with Gasteiger partial charge in [-0.3, -0.25) is 4.98 Å². The standard InChI is InChI=1S/C23H24N2S/c1-14-10-15(2)12-17(11-14)21-20-16(8-9-24-21)6-7-18-22(20)25-19(26-18)13-23(3,4)5/h6-12H,13H2,1-5H3. The Morgan fingerprint density at radius 3 is 2.38 bits per heavy atom. The van der Waals surface area contributed by atoms with Gasteiger partial charge in [0.1, 0.15) is 0 Å². The minimum Gasteiger partial charge on any atom is -0.256 e. The molecule has 0 aliphatic carbocycles. The lowest BCUT2D eigenvalue weighted by Crippen LogP contribution is -2.08. The van der Waals surface area contributed by atoms with Crippen molar-refractivity contribution in [2.75, 3.05) is 0 Å². The van der Waals surface area contributed by atoms with Crippen molar-refractivity contribution in [3.63, 3.8) is 0 Å². The number of hydrogen-bond donors (Lipinski definition) is 0. The van der Waals surface area contributed by atoms with E-state index in [1.165, 1.54) is 37.2 Å². The molecular formula is C23H24N2S. The number of rotatable bonds is 2. The molecule has 0 aliphatic rings. The van der Waals surface area contributed by atoms with Crippen molar-refractivity contribution in [2.24, 2.45) is 5.41 Å². The zero-order valence-corrected chi connectivity index (χ0v) is 16.9. The molecule has 4 aromatic rings. The summed E-state index contributed by atoms with van der Waals surface area (Å²) < 4.78 is 1.25. The lowest BCUT2D eigenvalue weighted by molar-refractivity contribution is 0.411. The highest BCUT2D eigenvalue weighted by Gasteiger charge is 2.17. The largest absolute Gasteiger partial charge is 0.256 e. The van der Waals surface area contributed by atoms with Crippen LogP contribution in [-0.4, -0.2) is 9.97 Å². The van der Waals surface area contributed by atoms with Crippen molar-refractivity contribution < 1.29 is 0 Å². The Kier molecular flexibility index (Phi) is 4.07. The zero-order chi connectivity index (χ0) is 18.5. The molecule has 0 fully saturated rings. The first-order valence-electron chi connectivity index (χ1n) is 9.06. The van der Waals surface area contributed by atoms with E-state index in [1.54, 1.807) is 0 Å². The van der Waals surface area contributed by atoms with Gasteiger partial charge in [0.05, 0.1) is 20.9 Å². The van der Waals surface area contributed by atoms with Crippen LogP contribution in [0.25, 0.3) is 32.2 Å². The van der Waals surface area contributed by atoms with E-state index in [0.717, 1.165) is 17.6 Å². The van der Waals surface area contributed by atoms with Crippen LogP contribution in [0, 0.1) is 19.3 Å². The maximum absolute atomic E-state index is 5.04. The van der Waals surface area contributed by atoms with Crippen molar-refractivity contribution in [3.05, 3.63) is 58.7 Å². The Bertz CT molecular complexity index is 1100. The molecule has 0 spiro atoms. The molecule has 0 aliphatic heterocycles. The molecule has 0 N–H and O–H groups in total. The molecule has 0 saturated heterocycles. The first-order chi connectivity index (χ1) is 12.3. The first-order valence-corrected chi connectivity index (χ1v) is 9.88. The van der Waals surface area contributed by atoms with Gasteiger partial charge in [0, 0.05) is 23.6 Å². The fourth-order valence-electron chi connectivity index (χ4n) is 3.56. The van der Waals surface area contributed by atoms with Crippen LogP contribution in [0.4, 0.5) is 0 Å². The van der Waals surface area contributed by atoms with E-state index in [2.05, 4.69) is 71.0 Å². The quantitative estimate of drug-likeness (QED) is 0.397. The van der Waals surface area contributed by atoms with Gasteiger partial charge in [-0.2, -0.15) is 0 Å². The summed E-state index contributed by atoms with van der Waals surface area (Å²) in [4.78, 5) is 9.79.